The van der Waals surface area contributed by atoms with Crippen LogP contribution >= 0.6 is 15.9 Å². The van der Waals surface area contributed by atoms with E-state index in [1.54, 1.807) is 0 Å². The summed E-state index contributed by atoms with van der Waals surface area (Å²) in [6.07, 6.45) is 9.21. The van der Waals surface area contributed by atoms with E-state index in [0.717, 1.165) is 62.8 Å². The molecule has 1 amide bonds. The van der Waals surface area contributed by atoms with Crippen molar-refractivity contribution in [1.82, 2.24) is 4.90 Å². The van der Waals surface area contributed by atoms with Crippen molar-refractivity contribution < 1.29 is 19.0 Å². The largest absolute Gasteiger partial charge is 0.493 e. The molecule has 2 aromatic rings. The van der Waals surface area contributed by atoms with Gasteiger partial charge in [-0.05, 0) is 76.5 Å². The standard InChI is InChI=1S/C34H50BrNO4/c1-5-6-25-39-31-17-16-28(18-26-38-24-13-8-7-12-21-35)27-30(31)34(29-14-10-9-11-15-29)19-22-36(23-20-34)32(37)40-33(2,3)4/h9-11,14-17,27H,5-8,12-13,18-26H2,1-4H3. The van der Waals surface area contributed by atoms with Gasteiger partial charge < -0.3 is 19.1 Å². The minimum atomic E-state index is -0.505. The van der Waals surface area contributed by atoms with E-state index in [1.165, 1.54) is 36.0 Å². The number of ether oxygens (including phenoxy) is 3. The predicted molar refractivity (Wildman–Crippen MR) is 168 cm³/mol. The number of hydrogen-bond donors (Lipinski definition) is 0. The minimum absolute atomic E-state index is 0.230. The monoisotopic (exact) mass is 615 g/mol. The molecule has 0 saturated carbocycles. The molecule has 1 aliphatic rings. The van der Waals surface area contributed by atoms with E-state index in [0.29, 0.717) is 19.7 Å². The Bertz CT molecular complexity index is 1010. The van der Waals surface area contributed by atoms with Crippen molar-refractivity contribution in [3.63, 3.8) is 0 Å². The lowest BCUT2D eigenvalue weighted by Gasteiger charge is -2.43. The second kappa shape index (κ2) is 16.4. The van der Waals surface area contributed by atoms with Gasteiger partial charge in [0.2, 0.25) is 0 Å². The topological polar surface area (TPSA) is 48.0 Å². The van der Waals surface area contributed by atoms with Crippen LogP contribution in [0.15, 0.2) is 48.5 Å². The summed E-state index contributed by atoms with van der Waals surface area (Å²) in [4.78, 5) is 14.8. The molecule has 0 spiro atoms. The quantitative estimate of drug-likeness (QED) is 0.148. The third kappa shape index (κ3) is 9.80. The smallest absolute Gasteiger partial charge is 0.410 e. The van der Waals surface area contributed by atoms with Crippen molar-refractivity contribution >= 4 is 22.0 Å². The summed E-state index contributed by atoms with van der Waals surface area (Å²) in [7, 11) is 0. The number of halogens is 1. The van der Waals surface area contributed by atoms with Gasteiger partial charge in [-0.2, -0.15) is 0 Å². The fourth-order valence-corrected chi connectivity index (χ4v) is 5.77. The molecule has 3 rings (SSSR count). The van der Waals surface area contributed by atoms with Gasteiger partial charge in [-0.25, -0.2) is 4.79 Å². The SMILES string of the molecule is CCCCOc1ccc(CCOCCCCCCBr)cc1C1(c2ccccc2)CCN(C(=O)OC(C)(C)C)CC1. The Morgan fingerprint density at radius 1 is 0.925 bits per heavy atom. The lowest BCUT2D eigenvalue weighted by molar-refractivity contribution is 0.0179. The zero-order valence-corrected chi connectivity index (χ0v) is 26.8. The summed E-state index contributed by atoms with van der Waals surface area (Å²) in [5.41, 5.74) is 3.02. The first-order chi connectivity index (χ1) is 19.3. The summed E-state index contributed by atoms with van der Waals surface area (Å²) in [6, 6.07) is 17.4. The highest BCUT2D eigenvalue weighted by molar-refractivity contribution is 9.09. The number of unbranched alkanes of at least 4 members (excludes halogenated alkanes) is 4. The molecule has 1 saturated heterocycles. The number of alkyl halides is 1. The fourth-order valence-electron chi connectivity index (χ4n) is 5.37. The summed E-state index contributed by atoms with van der Waals surface area (Å²) in [6.45, 7) is 11.5. The molecule has 0 N–H and O–H groups in total. The van der Waals surface area contributed by atoms with Gasteiger partial charge in [-0.3, -0.25) is 0 Å². The lowest BCUT2D eigenvalue weighted by Crippen LogP contribution is -2.47. The Kier molecular flexibility index (Phi) is 13.3. The van der Waals surface area contributed by atoms with Crippen LogP contribution in [0.5, 0.6) is 5.75 Å². The van der Waals surface area contributed by atoms with E-state index in [9.17, 15) is 4.79 Å². The van der Waals surface area contributed by atoms with Gasteiger partial charge in [0.1, 0.15) is 11.4 Å². The van der Waals surface area contributed by atoms with Gasteiger partial charge in [0, 0.05) is 36.0 Å². The second-order valence-electron chi connectivity index (χ2n) is 11.9. The molecule has 2 aromatic carbocycles. The molecule has 0 bridgehead atoms. The number of nitrogens with zero attached hydrogens (tertiary/aromatic N) is 1. The van der Waals surface area contributed by atoms with Gasteiger partial charge in [0.15, 0.2) is 0 Å². The van der Waals surface area contributed by atoms with E-state index < -0.39 is 5.60 Å². The van der Waals surface area contributed by atoms with Crippen LogP contribution in [0.1, 0.15) is 95.8 Å². The van der Waals surface area contributed by atoms with Gasteiger partial charge in [0.25, 0.3) is 0 Å². The first-order valence-electron chi connectivity index (χ1n) is 15.2. The highest BCUT2D eigenvalue weighted by Gasteiger charge is 2.41. The molecular weight excluding hydrogens is 566 g/mol. The summed E-state index contributed by atoms with van der Waals surface area (Å²) >= 11 is 3.50. The molecule has 0 radical (unpaired) electrons. The fraction of sp³-hybridized carbons (Fsp3) is 0.618. The lowest BCUT2D eigenvalue weighted by atomic mass is 9.67. The van der Waals surface area contributed by atoms with E-state index in [2.05, 4.69) is 71.4 Å². The van der Waals surface area contributed by atoms with Crippen LogP contribution in [-0.4, -0.2) is 54.8 Å². The maximum absolute atomic E-state index is 12.9. The van der Waals surface area contributed by atoms with Crippen molar-refractivity contribution in [2.45, 2.75) is 96.5 Å². The molecule has 0 aromatic heterocycles. The first-order valence-corrected chi connectivity index (χ1v) is 16.3. The highest BCUT2D eigenvalue weighted by Crippen LogP contribution is 2.46. The molecule has 1 heterocycles. The van der Waals surface area contributed by atoms with Gasteiger partial charge >= 0.3 is 6.09 Å². The van der Waals surface area contributed by atoms with E-state index >= 15 is 0 Å². The number of carbonyl (C=O) groups is 1. The first kappa shape index (κ1) is 32.5. The maximum Gasteiger partial charge on any atom is 0.410 e. The van der Waals surface area contributed by atoms with Crippen LogP contribution in [0.2, 0.25) is 0 Å². The van der Waals surface area contributed by atoms with Gasteiger partial charge in [-0.1, -0.05) is 84.6 Å². The summed E-state index contributed by atoms with van der Waals surface area (Å²) in [5, 5.41) is 1.08. The average molecular weight is 617 g/mol. The second-order valence-corrected chi connectivity index (χ2v) is 12.7. The highest BCUT2D eigenvalue weighted by atomic mass is 79.9. The molecule has 1 aliphatic heterocycles. The van der Waals surface area contributed by atoms with Crippen LogP contribution in [0.25, 0.3) is 0 Å². The average Bonchev–Trinajstić information content (AvgIpc) is 2.94. The molecule has 40 heavy (non-hydrogen) atoms. The normalized spacial score (nSPS) is 15.2. The molecular formula is C34H50BrNO4. The third-order valence-electron chi connectivity index (χ3n) is 7.62. The number of piperidine rings is 1. The number of amides is 1. The Morgan fingerprint density at radius 3 is 2.33 bits per heavy atom. The molecule has 222 valence electrons. The van der Waals surface area contributed by atoms with Gasteiger partial charge in [0.05, 0.1) is 13.2 Å². The van der Waals surface area contributed by atoms with Crippen LogP contribution in [-0.2, 0) is 21.3 Å². The Hall–Kier alpha value is -2.05. The molecule has 1 fully saturated rings. The van der Waals surface area contributed by atoms with Crippen LogP contribution < -0.4 is 4.74 Å². The molecule has 5 nitrogen and oxygen atoms in total. The third-order valence-corrected chi connectivity index (χ3v) is 8.18. The number of carbonyl (C=O) groups excluding carboxylic acids is 1. The minimum Gasteiger partial charge on any atom is -0.493 e. The Balaban J connectivity index is 1.82. The zero-order chi connectivity index (χ0) is 28.8. The van der Waals surface area contributed by atoms with Crippen molar-refractivity contribution in [2.24, 2.45) is 0 Å². The maximum atomic E-state index is 12.9. The van der Waals surface area contributed by atoms with Crippen molar-refractivity contribution in [2.75, 3.05) is 38.2 Å². The molecule has 0 aliphatic carbocycles. The van der Waals surface area contributed by atoms with E-state index in [4.69, 9.17) is 14.2 Å². The van der Waals surface area contributed by atoms with E-state index in [1.807, 2.05) is 25.7 Å². The molecule has 0 unspecified atom stereocenters. The van der Waals surface area contributed by atoms with Crippen molar-refractivity contribution in [1.29, 1.82) is 0 Å². The number of rotatable bonds is 15. The van der Waals surface area contributed by atoms with Crippen molar-refractivity contribution in [3.8, 4) is 5.75 Å². The van der Waals surface area contributed by atoms with Gasteiger partial charge in [-0.15, -0.1) is 0 Å². The molecule has 0 atom stereocenters. The van der Waals surface area contributed by atoms with Crippen LogP contribution in [0.4, 0.5) is 4.79 Å². The summed E-state index contributed by atoms with van der Waals surface area (Å²) in [5.74, 6) is 0.958. The van der Waals surface area contributed by atoms with Crippen molar-refractivity contribution in [3.05, 3.63) is 65.2 Å². The van der Waals surface area contributed by atoms with Crippen LogP contribution in [0.3, 0.4) is 0 Å². The Labute approximate surface area is 251 Å². The summed E-state index contributed by atoms with van der Waals surface area (Å²) < 4.78 is 18.1. The zero-order valence-electron chi connectivity index (χ0n) is 25.2. The molecule has 6 heteroatoms. The predicted octanol–water partition coefficient (Wildman–Crippen LogP) is 8.70. The number of likely N-dealkylation sites (tertiary alicyclic amines) is 1. The van der Waals surface area contributed by atoms with E-state index in [-0.39, 0.29) is 11.5 Å². The number of hydrogen-bond acceptors (Lipinski definition) is 4. The van der Waals surface area contributed by atoms with Crippen LogP contribution in [0, 0.1) is 0 Å². The Morgan fingerprint density at radius 2 is 1.65 bits per heavy atom. The number of benzene rings is 2.